The molecule has 10 rings (SSSR count). The number of benzene rings is 8. The van der Waals surface area contributed by atoms with Crippen LogP contribution in [0.2, 0.25) is 0 Å². The zero-order valence-corrected chi connectivity index (χ0v) is 34.4. The molecule has 2 nitrogen and oxygen atoms in total. The zero-order valence-electron chi connectivity index (χ0n) is 33.5. The highest BCUT2D eigenvalue weighted by molar-refractivity contribution is 7.80. The lowest BCUT2D eigenvalue weighted by Gasteiger charge is -2.30. The van der Waals surface area contributed by atoms with Crippen molar-refractivity contribution in [3.63, 3.8) is 0 Å². The predicted octanol–water partition coefficient (Wildman–Crippen LogP) is 14.7. The van der Waals surface area contributed by atoms with Gasteiger partial charge in [0.2, 0.25) is 0 Å². The van der Waals surface area contributed by atoms with E-state index in [-0.39, 0.29) is 11.5 Å². The SMILES string of the molecule is Cc1c(C)c2c(c(C)c1S)-c1c(O)c(C)c(-c3c4c(c(-c5cccc(-c6cccc7ccccc67)c5)c5ccccc35)CCCC4)c3c(C)c(C)c(O)c(c13)C=C2. The maximum absolute atomic E-state index is 12.8. The van der Waals surface area contributed by atoms with Gasteiger partial charge in [0.05, 0.1) is 0 Å². The third-order valence-electron chi connectivity index (χ3n) is 13.6. The van der Waals surface area contributed by atoms with E-state index in [1.807, 2.05) is 6.92 Å². The van der Waals surface area contributed by atoms with E-state index in [1.165, 1.54) is 60.5 Å². The van der Waals surface area contributed by atoms with Crippen molar-refractivity contribution in [2.75, 3.05) is 0 Å². The van der Waals surface area contributed by atoms with Gasteiger partial charge in [0.25, 0.3) is 0 Å². The Hall–Kier alpha value is -5.77. The second-order valence-electron chi connectivity index (χ2n) is 16.4. The number of hydrogen-bond donors (Lipinski definition) is 3. The Kier molecular flexibility index (Phi) is 8.22. The van der Waals surface area contributed by atoms with Crippen LogP contribution in [0.5, 0.6) is 11.5 Å². The molecule has 2 aliphatic carbocycles. The highest BCUT2D eigenvalue weighted by atomic mass is 32.1. The number of aromatic hydroxyl groups is 2. The largest absolute Gasteiger partial charge is 0.507 e. The molecule has 0 saturated heterocycles. The highest BCUT2D eigenvalue weighted by Gasteiger charge is 2.32. The number of rotatable bonds is 3. The molecule has 0 spiro atoms. The maximum Gasteiger partial charge on any atom is 0.127 e. The van der Waals surface area contributed by atoms with E-state index < -0.39 is 0 Å². The van der Waals surface area contributed by atoms with Crippen molar-refractivity contribution >= 4 is 57.1 Å². The van der Waals surface area contributed by atoms with E-state index in [0.717, 1.165) is 103 Å². The standard InChI is InChI=1S/C54H46O2S/c1-28-31(4)54(57)33(6)45-37(28)25-26-44-50-46(29(2)30(3)52(44)55)47(32(5)53(56)51(45)50)49-42-22-11-9-20-40(42)48(41-21-10-12-23-43(41)49)36-18-13-17-35(27-36)39-24-14-16-34-15-7-8-19-38(34)39/h7-9,11,13-20,22,24-27,55-57H,10,12,21,23H2,1-6H3. The summed E-state index contributed by atoms with van der Waals surface area (Å²) in [7, 11) is 0. The maximum atomic E-state index is 12.8. The van der Waals surface area contributed by atoms with Crippen molar-refractivity contribution in [1.29, 1.82) is 0 Å². The Morgan fingerprint density at radius 1 is 0.456 bits per heavy atom. The van der Waals surface area contributed by atoms with E-state index in [4.69, 9.17) is 12.6 Å². The van der Waals surface area contributed by atoms with Crippen LogP contribution in [0.15, 0.2) is 95.9 Å². The molecule has 0 heterocycles. The van der Waals surface area contributed by atoms with Crippen molar-refractivity contribution in [3.05, 3.63) is 147 Å². The summed E-state index contributed by atoms with van der Waals surface area (Å²) in [6.45, 7) is 12.6. The summed E-state index contributed by atoms with van der Waals surface area (Å²) in [5.74, 6) is 0.539. The summed E-state index contributed by atoms with van der Waals surface area (Å²) in [5.41, 5.74) is 19.7. The number of aryl methyl sites for hydroxylation is 1. The van der Waals surface area contributed by atoms with Crippen LogP contribution in [0.1, 0.15) is 68.5 Å². The summed E-state index contributed by atoms with van der Waals surface area (Å²) >= 11 is 5.01. The van der Waals surface area contributed by atoms with Gasteiger partial charge >= 0.3 is 0 Å². The molecule has 0 fully saturated rings. The molecule has 8 aromatic carbocycles. The monoisotopic (exact) mass is 758 g/mol. The number of fused-ring (bicyclic) bond motifs is 5. The van der Waals surface area contributed by atoms with Gasteiger partial charge in [-0.05, 0) is 195 Å². The van der Waals surface area contributed by atoms with Gasteiger partial charge in [-0.25, -0.2) is 0 Å². The van der Waals surface area contributed by atoms with Crippen molar-refractivity contribution in [2.24, 2.45) is 0 Å². The third-order valence-corrected chi connectivity index (χ3v) is 14.2. The van der Waals surface area contributed by atoms with Crippen LogP contribution in [0.25, 0.3) is 89.0 Å². The number of thiol groups is 1. The summed E-state index contributed by atoms with van der Waals surface area (Å²) in [6, 6.07) is 33.3. The molecular formula is C54H46O2S. The first-order chi connectivity index (χ1) is 27.6. The molecule has 2 N–H and O–H groups in total. The first-order valence-corrected chi connectivity index (χ1v) is 20.7. The van der Waals surface area contributed by atoms with Crippen molar-refractivity contribution in [1.82, 2.24) is 0 Å². The number of hydrogen-bond acceptors (Lipinski definition) is 3. The van der Waals surface area contributed by atoms with Crippen LogP contribution < -0.4 is 0 Å². The van der Waals surface area contributed by atoms with Crippen LogP contribution in [-0.4, -0.2) is 10.2 Å². The molecule has 0 amide bonds. The van der Waals surface area contributed by atoms with Gasteiger partial charge < -0.3 is 10.2 Å². The van der Waals surface area contributed by atoms with E-state index in [0.29, 0.717) is 0 Å². The Bertz CT molecular complexity index is 3100. The lowest BCUT2D eigenvalue weighted by atomic mass is 9.74. The summed E-state index contributed by atoms with van der Waals surface area (Å²) in [6.07, 6.45) is 8.39. The molecule has 0 aliphatic heterocycles. The van der Waals surface area contributed by atoms with E-state index in [2.05, 4.69) is 138 Å². The van der Waals surface area contributed by atoms with Gasteiger partial charge in [0, 0.05) is 21.4 Å². The highest BCUT2D eigenvalue weighted by Crippen LogP contribution is 2.57. The lowest BCUT2D eigenvalue weighted by Crippen LogP contribution is -2.09. The summed E-state index contributed by atoms with van der Waals surface area (Å²) in [4.78, 5) is 0.936. The second kappa shape index (κ2) is 13.1. The predicted molar refractivity (Wildman–Crippen MR) is 245 cm³/mol. The fourth-order valence-electron chi connectivity index (χ4n) is 10.4. The molecule has 280 valence electrons. The van der Waals surface area contributed by atoms with Gasteiger partial charge in [0.15, 0.2) is 0 Å². The minimum atomic E-state index is 0.269. The number of phenolic OH excluding ortho intramolecular Hbond substituents is 2. The summed E-state index contributed by atoms with van der Waals surface area (Å²) < 4.78 is 0. The zero-order chi connectivity index (χ0) is 39.4. The van der Waals surface area contributed by atoms with Gasteiger partial charge in [-0.1, -0.05) is 91.0 Å². The minimum absolute atomic E-state index is 0.269. The average Bonchev–Trinajstić information content (AvgIpc) is 3.42. The Balaban J connectivity index is 1.33. The number of phenols is 2. The average molecular weight is 759 g/mol. The lowest BCUT2D eigenvalue weighted by molar-refractivity contribution is 0.469. The fraction of sp³-hybridized carbons (Fsp3) is 0.185. The van der Waals surface area contributed by atoms with E-state index in [1.54, 1.807) is 0 Å². The Morgan fingerprint density at radius 2 is 1.07 bits per heavy atom. The first-order valence-electron chi connectivity index (χ1n) is 20.3. The van der Waals surface area contributed by atoms with Crippen molar-refractivity contribution < 1.29 is 10.2 Å². The van der Waals surface area contributed by atoms with Crippen LogP contribution in [0.3, 0.4) is 0 Å². The van der Waals surface area contributed by atoms with Gasteiger partial charge in [-0.3, -0.25) is 0 Å². The Morgan fingerprint density at radius 3 is 1.82 bits per heavy atom. The molecule has 0 saturated carbocycles. The fourth-order valence-corrected chi connectivity index (χ4v) is 10.7. The quantitative estimate of drug-likeness (QED) is 0.157. The molecule has 0 bridgehead atoms. The molecule has 8 aromatic rings. The topological polar surface area (TPSA) is 40.5 Å². The molecule has 57 heavy (non-hydrogen) atoms. The molecule has 0 atom stereocenters. The third kappa shape index (κ3) is 5.04. The van der Waals surface area contributed by atoms with E-state index in [9.17, 15) is 10.2 Å². The molecular weight excluding hydrogens is 713 g/mol. The van der Waals surface area contributed by atoms with Gasteiger partial charge in [-0.15, -0.1) is 12.6 Å². The van der Waals surface area contributed by atoms with Crippen molar-refractivity contribution in [3.8, 4) is 56.0 Å². The normalized spacial score (nSPS) is 13.3. The molecule has 0 unspecified atom stereocenters. The molecule has 3 heteroatoms. The smallest absolute Gasteiger partial charge is 0.127 e. The first kappa shape index (κ1) is 35.6. The van der Waals surface area contributed by atoms with E-state index >= 15 is 0 Å². The van der Waals surface area contributed by atoms with Crippen LogP contribution in [0.4, 0.5) is 0 Å². The molecule has 0 aromatic heterocycles. The second-order valence-corrected chi connectivity index (χ2v) is 16.8. The minimum Gasteiger partial charge on any atom is -0.507 e. The Labute approximate surface area is 340 Å². The molecule has 0 radical (unpaired) electrons. The van der Waals surface area contributed by atoms with Crippen LogP contribution >= 0.6 is 12.6 Å². The summed E-state index contributed by atoms with van der Waals surface area (Å²) in [5, 5.41) is 31.7. The van der Waals surface area contributed by atoms with Gasteiger partial charge in [0.1, 0.15) is 11.5 Å². The van der Waals surface area contributed by atoms with Crippen molar-refractivity contribution in [2.45, 2.75) is 72.1 Å². The van der Waals surface area contributed by atoms with Crippen LogP contribution in [-0.2, 0) is 12.8 Å². The molecule has 2 aliphatic rings. The van der Waals surface area contributed by atoms with Gasteiger partial charge in [-0.2, -0.15) is 0 Å². The van der Waals surface area contributed by atoms with Crippen LogP contribution in [0, 0.1) is 41.5 Å².